The molecule has 0 saturated carbocycles. The minimum atomic E-state index is -0.246. The highest BCUT2D eigenvalue weighted by Gasteiger charge is 2.09. The molecule has 0 aliphatic carbocycles. The van der Waals surface area contributed by atoms with Crippen LogP contribution >= 0.6 is 0 Å². The van der Waals surface area contributed by atoms with E-state index in [0.29, 0.717) is 18.9 Å². The molecule has 2 aromatic rings. The first-order chi connectivity index (χ1) is 9.29. The molecule has 2 rings (SSSR count). The molecular formula is C14H17FN4. The predicted octanol–water partition coefficient (Wildman–Crippen LogP) is 1.97. The Bertz CT molecular complexity index is 504. The number of aromatic nitrogens is 2. The molecule has 100 valence electrons. The molecule has 0 aliphatic rings. The van der Waals surface area contributed by atoms with Crippen molar-refractivity contribution in [2.24, 2.45) is 5.73 Å². The summed E-state index contributed by atoms with van der Waals surface area (Å²) in [5.41, 5.74) is 6.37. The van der Waals surface area contributed by atoms with Gasteiger partial charge in [-0.05, 0) is 37.2 Å². The molecule has 0 bridgehead atoms. The Balaban J connectivity index is 2.16. The van der Waals surface area contributed by atoms with Crippen molar-refractivity contribution in [3.8, 4) is 0 Å². The topological polar surface area (TPSA) is 55.0 Å². The van der Waals surface area contributed by atoms with Gasteiger partial charge in [-0.25, -0.2) is 14.4 Å². The molecule has 5 heteroatoms. The summed E-state index contributed by atoms with van der Waals surface area (Å²) in [6.07, 6.45) is 4.24. The number of hydrogen-bond acceptors (Lipinski definition) is 4. The average molecular weight is 260 g/mol. The Hall–Kier alpha value is -2.01. The van der Waals surface area contributed by atoms with Crippen LogP contribution in [0.5, 0.6) is 0 Å². The molecule has 0 amide bonds. The number of halogens is 1. The van der Waals surface area contributed by atoms with E-state index in [0.717, 1.165) is 18.7 Å². The number of benzene rings is 1. The van der Waals surface area contributed by atoms with Crippen LogP contribution in [0.3, 0.4) is 0 Å². The van der Waals surface area contributed by atoms with Crippen LogP contribution in [-0.4, -0.2) is 23.1 Å². The van der Waals surface area contributed by atoms with Gasteiger partial charge in [0.05, 0.1) is 6.54 Å². The van der Waals surface area contributed by atoms with Gasteiger partial charge in [0, 0.05) is 24.6 Å². The summed E-state index contributed by atoms with van der Waals surface area (Å²) in [5.74, 6) is 0.466. The fraction of sp³-hybridized carbons (Fsp3) is 0.286. The molecule has 4 nitrogen and oxygen atoms in total. The van der Waals surface area contributed by atoms with E-state index < -0.39 is 0 Å². The van der Waals surface area contributed by atoms with Crippen LogP contribution in [0.25, 0.3) is 0 Å². The number of nitrogens with two attached hydrogens (primary N) is 1. The molecular weight excluding hydrogens is 243 g/mol. The lowest BCUT2D eigenvalue weighted by Crippen LogP contribution is -2.26. The van der Waals surface area contributed by atoms with Crippen molar-refractivity contribution < 1.29 is 4.39 Å². The SMILES string of the molecule is NCCCN(Cc1ncccn1)c1cccc(F)c1. The average Bonchev–Trinajstić information content (AvgIpc) is 2.44. The standard InChI is InChI=1S/C14H17FN4/c15-12-4-1-5-13(10-12)19(9-2-6-16)11-14-17-7-3-8-18-14/h1,3-5,7-8,10H,2,6,9,11,16H2. The van der Waals surface area contributed by atoms with E-state index in [9.17, 15) is 4.39 Å². The summed E-state index contributed by atoms with van der Waals surface area (Å²) in [7, 11) is 0. The van der Waals surface area contributed by atoms with E-state index in [1.165, 1.54) is 12.1 Å². The molecule has 0 fully saturated rings. The quantitative estimate of drug-likeness (QED) is 0.862. The highest BCUT2D eigenvalue weighted by Crippen LogP contribution is 2.17. The molecule has 19 heavy (non-hydrogen) atoms. The minimum Gasteiger partial charge on any atom is -0.364 e. The largest absolute Gasteiger partial charge is 0.364 e. The zero-order valence-electron chi connectivity index (χ0n) is 10.7. The molecule has 1 aromatic carbocycles. The summed E-state index contributed by atoms with van der Waals surface area (Å²) in [5, 5.41) is 0. The van der Waals surface area contributed by atoms with Gasteiger partial charge in [0.2, 0.25) is 0 Å². The van der Waals surface area contributed by atoms with Gasteiger partial charge in [0.1, 0.15) is 11.6 Å². The molecule has 2 N–H and O–H groups in total. The van der Waals surface area contributed by atoms with Gasteiger partial charge in [0.25, 0.3) is 0 Å². The number of nitrogens with zero attached hydrogens (tertiary/aromatic N) is 3. The summed E-state index contributed by atoms with van der Waals surface area (Å²) in [4.78, 5) is 10.4. The van der Waals surface area contributed by atoms with Crippen LogP contribution in [0.2, 0.25) is 0 Å². The van der Waals surface area contributed by atoms with Crippen molar-refractivity contribution in [3.63, 3.8) is 0 Å². The summed E-state index contributed by atoms with van der Waals surface area (Å²) < 4.78 is 13.3. The second-order valence-electron chi connectivity index (χ2n) is 4.21. The lowest BCUT2D eigenvalue weighted by Gasteiger charge is -2.23. The van der Waals surface area contributed by atoms with E-state index in [4.69, 9.17) is 5.73 Å². The van der Waals surface area contributed by atoms with Gasteiger partial charge in [-0.15, -0.1) is 0 Å². The van der Waals surface area contributed by atoms with Crippen LogP contribution in [0.4, 0.5) is 10.1 Å². The van der Waals surface area contributed by atoms with Gasteiger partial charge in [0.15, 0.2) is 0 Å². The molecule has 0 saturated heterocycles. The Morgan fingerprint density at radius 2 is 1.95 bits per heavy atom. The molecule has 0 aliphatic heterocycles. The maximum atomic E-state index is 13.3. The normalized spacial score (nSPS) is 10.4. The van der Waals surface area contributed by atoms with E-state index in [1.54, 1.807) is 24.5 Å². The lowest BCUT2D eigenvalue weighted by molar-refractivity contribution is 0.625. The zero-order chi connectivity index (χ0) is 13.5. The molecule has 0 unspecified atom stereocenters. The summed E-state index contributed by atoms with van der Waals surface area (Å²) >= 11 is 0. The van der Waals surface area contributed by atoms with E-state index in [2.05, 4.69) is 9.97 Å². The molecule has 0 spiro atoms. The third kappa shape index (κ3) is 3.99. The van der Waals surface area contributed by atoms with Crippen LogP contribution < -0.4 is 10.6 Å². The van der Waals surface area contributed by atoms with Crippen molar-refractivity contribution in [2.75, 3.05) is 18.0 Å². The highest BCUT2D eigenvalue weighted by atomic mass is 19.1. The molecule has 0 atom stereocenters. The second kappa shape index (κ2) is 6.80. The maximum absolute atomic E-state index is 13.3. The van der Waals surface area contributed by atoms with Gasteiger partial charge in [-0.1, -0.05) is 6.07 Å². The minimum absolute atomic E-state index is 0.246. The Morgan fingerprint density at radius 3 is 2.63 bits per heavy atom. The van der Waals surface area contributed by atoms with Crippen molar-refractivity contribution in [2.45, 2.75) is 13.0 Å². The highest BCUT2D eigenvalue weighted by molar-refractivity contribution is 5.46. The van der Waals surface area contributed by atoms with Gasteiger partial charge < -0.3 is 10.6 Å². The monoisotopic (exact) mass is 260 g/mol. The predicted molar refractivity (Wildman–Crippen MR) is 73.2 cm³/mol. The van der Waals surface area contributed by atoms with Crippen molar-refractivity contribution in [3.05, 3.63) is 54.4 Å². The van der Waals surface area contributed by atoms with E-state index in [1.807, 2.05) is 11.0 Å². The molecule has 1 heterocycles. The lowest BCUT2D eigenvalue weighted by atomic mass is 10.2. The van der Waals surface area contributed by atoms with Crippen LogP contribution in [0.1, 0.15) is 12.2 Å². The first-order valence-corrected chi connectivity index (χ1v) is 6.26. The second-order valence-corrected chi connectivity index (χ2v) is 4.21. The Morgan fingerprint density at radius 1 is 1.16 bits per heavy atom. The smallest absolute Gasteiger partial charge is 0.147 e. The van der Waals surface area contributed by atoms with Crippen molar-refractivity contribution in [1.82, 2.24) is 9.97 Å². The van der Waals surface area contributed by atoms with Crippen molar-refractivity contribution >= 4 is 5.69 Å². The Labute approximate surface area is 112 Å². The first-order valence-electron chi connectivity index (χ1n) is 6.26. The molecule has 1 aromatic heterocycles. The van der Waals surface area contributed by atoms with Gasteiger partial charge in [-0.3, -0.25) is 0 Å². The van der Waals surface area contributed by atoms with Gasteiger partial charge >= 0.3 is 0 Å². The van der Waals surface area contributed by atoms with E-state index in [-0.39, 0.29) is 5.82 Å². The van der Waals surface area contributed by atoms with E-state index >= 15 is 0 Å². The third-order valence-electron chi connectivity index (χ3n) is 2.76. The Kier molecular flexibility index (Phi) is 4.80. The summed E-state index contributed by atoms with van der Waals surface area (Å²) in [6.45, 7) is 1.89. The van der Waals surface area contributed by atoms with Crippen LogP contribution in [-0.2, 0) is 6.54 Å². The van der Waals surface area contributed by atoms with Crippen LogP contribution in [0.15, 0.2) is 42.7 Å². The fourth-order valence-corrected chi connectivity index (χ4v) is 1.84. The van der Waals surface area contributed by atoms with Crippen molar-refractivity contribution in [1.29, 1.82) is 0 Å². The van der Waals surface area contributed by atoms with Gasteiger partial charge in [-0.2, -0.15) is 0 Å². The maximum Gasteiger partial charge on any atom is 0.147 e. The third-order valence-corrected chi connectivity index (χ3v) is 2.76. The first kappa shape index (κ1) is 13.4. The van der Waals surface area contributed by atoms with Crippen LogP contribution in [0, 0.1) is 5.82 Å². The fourth-order valence-electron chi connectivity index (χ4n) is 1.84. The number of anilines is 1. The molecule has 0 radical (unpaired) electrons. The summed E-state index contributed by atoms with van der Waals surface area (Å²) in [6, 6.07) is 8.30. The number of rotatable bonds is 6. The zero-order valence-corrected chi connectivity index (χ0v) is 10.7. The number of hydrogen-bond donors (Lipinski definition) is 1.